The van der Waals surface area contributed by atoms with E-state index < -0.39 is 0 Å². The zero-order chi connectivity index (χ0) is 12.5. The lowest BCUT2D eigenvalue weighted by Crippen LogP contribution is -2.36. The Kier molecular flexibility index (Phi) is 6.90. The summed E-state index contributed by atoms with van der Waals surface area (Å²) in [6, 6.07) is 11.3. The highest BCUT2D eigenvalue weighted by molar-refractivity contribution is 5.19. The molecule has 0 aliphatic carbocycles. The lowest BCUT2D eigenvalue weighted by atomic mass is 10.0. The molecule has 0 spiro atoms. The summed E-state index contributed by atoms with van der Waals surface area (Å²) in [5.41, 5.74) is 1.42. The summed E-state index contributed by atoms with van der Waals surface area (Å²) in [7, 11) is 2.03. The average molecular weight is 234 g/mol. The van der Waals surface area contributed by atoms with Gasteiger partial charge in [0, 0.05) is 12.6 Å². The summed E-state index contributed by atoms with van der Waals surface area (Å²) < 4.78 is 0. The normalized spacial score (nSPS) is 12.9. The summed E-state index contributed by atoms with van der Waals surface area (Å²) in [4.78, 5) is 2.59. The molecule has 0 saturated carbocycles. The van der Waals surface area contributed by atoms with Crippen molar-refractivity contribution in [3.8, 4) is 0 Å². The minimum absolute atomic E-state index is 0.501. The fourth-order valence-corrected chi connectivity index (χ4v) is 2.32. The summed E-state index contributed by atoms with van der Waals surface area (Å²) in [5.74, 6) is 0. The fraction of sp³-hybridized carbons (Fsp3) is 0.600. The lowest BCUT2D eigenvalue weighted by molar-refractivity contribution is 0.195. The maximum absolute atomic E-state index is 3.32. The topological polar surface area (TPSA) is 15.3 Å². The van der Waals surface area contributed by atoms with Crippen molar-refractivity contribution < 1.29 is 0 Å². The van der Waals surface area contributed by atoms with Crippen LogP contribution in [0.5, 0.6) is 0 Å². The molecule has 0 aliphatic rings. The van der Waals surface area contributed by atoms with Crippen LogP contribution in [0, 0.1) is 0 Å². The molecule has 1 rings (SSSR count). The van der Waals surface area contributed by atoms with E-state index in [1.54, 1.807) is 0 Å². The molecule has 1 aromatic rings. The second-order valence-corrected chi connectivity index (χ2v) is 4.52. The molecule has 1 N–H and O–H groups in total. The molecular formula is C15H26N2. The molecule has 17 heavy (non-hydrogen) atoms. The maximum atomic E-state index is 3.32. The van der Waals surface area contributed by atoms with Crippen LogP contribution in [0.2, 0.25) is 0 Å². The molecule has 1 unspecified atom stereocenters. The molecule has 2 heteroatoms. The Morgan fingerprint density at radius 1 is 1.06 bits per heavy atom. The van der Waals surface area contributed by atoms with Crippen LogP contribution in [-0.4, -0.2) is 31.6 Å². The molecule has 96 valence electrons. The Balaban J connectivity index is 2.81. The van der Waals surface area contributed by atoms with Crippen LogP contribution in [0.3, 0.4) is 0 Å². The first kappa shape index (κ1) is 14.2. The average Bonchev–Trinajstić information content (AvgIpc) is 2.37. The van der Waals surface area contributed by atoms with E-state index in [-0.39, 0.29) is 0 Å². The third-order valence-electron chi connectivity index (χ3n) is 3.04. The summed E-state index contributed by atoms with van der Waals surface area (Å²) in [5, 5.41) is 3.32. The first-order chi connectivity index (χ1) is 8.33. The van der Waals surface area contributed by atoms with Crippen molar-refractivity contribution in [2.45, 2.75) is 32.7 Å². The molecular weight excluding hydrogens is 208 g/mol. The van der Waals surface area contributed by atoms with E-state index in [0.717, 1.165) is 6.54 Å². The first-order valence-corrected chi connectivity index (χ1v) is 6.77. The van der Waals surface area contributed by atoms with E-state index in [9.17, 15) is 0 Å². The Morgan fingerprint density at radius 2 is 1.65 bits per heavy atom. The van der Waals surface area contributed by atoms with E-state index in [4.69, 9.17) is 0 Å². The SMILES string of the molecule is CCCN(CCC)C(CNC)c1ccccc1. The fourth-order valence-electron chi connectivity index (χ4n) is 2.32. The van der Waals surface area contributed by atoms with Gasteiger partial charge in [-0.05, 0) is 38.5 Å². The van der Waals surface area contributed by atoms with Crippen molar-refractivity contribution >= 4 is 0 Å². The van der Waals surface area contributed by atoms with Crippen molar-refractivity contribution in [2.24, 2.45) is 0 Å². The highest BCUT2D eigenvalue weighted by atomic mass is 15.2. The predicted octanol–water partition coefficient (Wildman–Crippen LogP) is 3.07. The van der Waals surface area contributed by atoms with Gasteiger partial charge in [-0.15, -0.1) is 0 Å². The standard InChI is InChI=1S/C15H26N2/c1-4-11-17(12-5-2)15(13-16-3)14-9-7-6-8-10-14/h6-10,15-16H,4-5,11-13H2,1-3H3. The number of hydrogen-bond donors (Lipinski definition) is 1. The van der Waals surface area contributed by atoms with Gasteiger partial charge >= 0.3 is 0 Å². The smallest absolute Gasteiger partial charge is 0.0472 e. The first-order valence-electron chi connectivity index (χ1n) is 6.77. The van der Waals surface area contributed by atoms with Crippen molar-refractivity contribution in [1.29, 1.82) is 0 Å². The highest BCUT2D eigenvalue weighted by Crippen LogP contribution is 2.20. The minimum Gasteiger partial charge on any atom is -0.318 e. The van der Waals surface area contributed by atoms with Gasteiger partial charge in [-0.1, -0.05) is 44.2 Å². The quantitative estimate of drug-likeness (QED) is 0.743. The van der Waals surface area contributed by atoms with Gasteiger partial charge < -0.3 is 5.32 Å². The Hall–Kier alpha value is -0.860. The Bertz CT molecular complexity index is 278. The molecule has 0 aromatic heterocycles. The summed E-state index contributed by atoms with van der Waals surface area (Å²) >= 11 is 0. The van der Waals surface area contributed by atoms with Gasteiger partial charge in [0.15, 0.2) is 0 Å². The molecule has 1 atom stereocenters. The number of benzene rings is 1. The van der Waals surface area contributed by atoms with E-state index in [1.165, 1.54) is 31.5 Å². The highest BCUT2D eigenvalue weighted by Gasteiger charge is 2.17. The van der Waals surface area contributed by atoms with Gasteiger partial charge in [-0.3, -0.25) is 4.90 Å². The van der Waals surface area contributed by atoms with E-state index in [1.807, 2.05) is 7.05 Å². The van der Waals surface area contributed by atoms with Crippen LogP contribution in [0.15, 0.2) is 30.3 Å². The van der Waals surface area contributed by atoms with Crippen molar-refractivity contribution in [2.75, 3.05) is 26.7 Å². The monoisotopic (exact) mass is 234 g/mol. The summed E-state index contributed by atoms with van der Waals surface area (Å²) in [6.45, 7) is 7.88. The second-order valence-electron chi connectivity index (χ2n) is 4.52. The van der Waals surface area contributed by atoms with Gasteiger partial charge in [-0.25, -0.2) is 0 Å². The van der Waals surface area contributed by atoms with Gasteiger partial charge in [0.2, 0.25) is 0 Å². The van der Waals surface area contributed by atoms with Gasteiger partial charge in [0.1, 0.15) is 0 Å². The van der Waals surface area contributed by atoms with Crippen molar-refractivity contribution in [3.05, 3.63) is 35.9 Å². The van der Waals surface area contributed by atoms with Crippen LogP contribution >= 0.6 is 0 Å². The number of rotatable bonds is 8. The second kappa shape index (κ2) is 8.26. The molecule has 0 saturated heterocycles. The molecule has 0 radical (unpaired) electrons. The van der Waals surface area contributed by atoms with E-state index >= 15 is 0 Å². The van der Waals surface area contributed by atoms with Crippen LogP contribution in [0.25, 0.3) is 0 Å². The van der Waals surface area contributed by atoms with Crippen molar-refractivity contribution in [3.63, 3.8) is 0 Å². The number of likely N-dealkylation sites (N-methyl/N-ethyl adjacent to an activating group) is 1. The minimum atomic E-state index is 0.501. The van der Waals surface area contributed by atoms with Gasteiger partial charge in [0.25, 0.3) is 0 Å². The molecule has 0 fully saturated rings. The zero-order valence-corrected chi connectivity index (χ0v) is 11.4. The van der Waals surface area contributed by atoms with Crippen LogP contribution in [-0.2, 0) is 0 Å². The Labute approximate surface area is 106 Å². The number of nitrogens with zero attached hydrogens (tertiary/aromatic N) is 1. The molecule has 0 bridgehead atoms. The third-order valence-corrected chi connectivity index (χ3v) is 3.04. The molecule has 1 aromatic carbocycles. The van der Waals surface area contributed by atoms with E-state index in [2.05, 4.69) is 54.4 Å². The number of nitrogens with one attached hydrogen (secondary N) is 1. The van der Waals surface area contributed by atoms with Crippen LogP contribution in [0.4, 0.5) is 0 Å². The van der Waals surface area contributed by atoms with Gasteiger partial charge in [0.05, 0.1) is 0 Å². The third kappa shape index (κ3) is 4.49. The number of hydrogen-bond acceptors (Lipinski definition) is 2. The lowest BCUT2D eigenvalue weighted by Gasteiger charge is -2.31. The maximum Gasteiger partial charge on any atom is 0.0472 e. The van der Waals surface area contributed by atoms with E-state index in [0.29, 0.717) is 6.04 Å². The molecule has 0 amide bonds. The predicted molar refractivity (Wildman–Crippen MR) is 75.3 cm³/mol. The molecule has 0 aliphatic heterocycles. The summed E-state index contributed by atoms with van der Waals surface area (Å²) in [6.07, 6.45) is 2.43. The Morgan fingerprint density at radius 3 is 2.12 bits per heavy atom. The van der Waals surface area contributed by atoms with Gasteiger partial charge in [-0.2, -0.15) is 0 Å². The van der Waals surface area contributed by atoms with Crippen molar-refractivity contribution in [1.82, 2.24) is 10.2 Å². The van der Waals surface area contributed by atoms with Crippen LogP contribution < -0.4 is 5.32 Å². The molecule has 0 heterocycles. The largest absolute Gasteiger partial charge is 0.318 e. The van der Waals surface area contributed by atoms with Crippen LogP contribution in [0.1, 0.15) is 38.3 Å². The molecule has 2 nitrogen and oxygen atoms in total. The zero-order valence-electron chi connectivity index (χ0n) is 11.4.